The van der Waals surface area contributed by atoms with Crippen molar-refractivity contribution in [3.05, 3.63) is 12.2 Å². The zero-order chi connectivity index (χ0) is 15.5. The van der Waals surface area contributed by atoms with Gasteiger partial charge in [-0.05, 0) is 38.5 Å². The van der Waals surface area contributed by atoms with Crippen LogP contribution < -0.4 is 0 Å². The summed E-state index contributed by atoms with van der Waals surface area (Å²) < 4.78 is 0. The first-order valence-electron chi connectivity index (χ1n) is 8.81. The van der Waals surface area contributed by atoms with Gasteiger partial charge in [-0.2, -0.15) is 0 Å². The van der Waals surface area contributed by atoms with Crippen molar-refractivity contribution in [1.29, 1.82) is 0 Å². The number of allylic oxidation sites excluding steroid dienone is 1. The zero-order valence-corrected chi connectivity index (χ0v) is 13.9. The van der Waals surface area contributed by atoms with E-state index >= 15 is 0 Å². The van der Waals surface area contributed by atoms with E-state index in [9.17, 15) is 9.90 Å². The number of aliphatic hydroxyl groups excluding tert-OH is 1. The average molecular weight is 295 g/mol. The molecule has 1 rings (SSSR count). The van der Waals surface area contributed by atoms with E-state index < -0.39 is 0 Å². The fourth-order valence-corrected chi connectivity index (χ4v) is 2.93. The Balaban J connectivity index is 2.53. The first-order valence-corrected chi connectivity index (χ1v) is 8.81. The van der Waals surface area contributed by atoms with Crippen molar-refractivity contribution in [2.24, 2.45) is 0 Å². The smallest absolute Gasteiger partial charge is 0.223 e. The summed E-state index contributed by atoms with van der Waals surface area (Å²) in [6, 6.07) is 0.317. The lowest BCUT2D eigenvalue weighted by Crippen LogP contribution is -2.39. The summed E-state index contributed by atoms with van der Waals surface area (Å²) in [5, 5.41) is 9.77. The molecule has 1 amide bonds. The molecule has 21 heavy (non-hydrogen) atoms. The van der Waals surface area contributed by atoms with Gasteiger partial charge in [-0.1, -0.05) is 45.3 Å². The molecule has 3 nitrogen and oxygen atoms in total. The summed E-state index contributed by atoms with van der Waals surface area (Å²) in [7, 11) is 0. The van der Waals surface area contributed by atoms with Crippen LogP contribution in [0.15, 0.2) is 12.2 Å². The van der Waals surface area contributed by atoms with E-state index in [-0.39, 0.29) is 6.10 Å². The Hall–Kier alpha value is -0.830. The predicted molar refractivity (Wildman–Crippen MR) is 88.2 cm³/mol. The number of aliphatic hydroxyl groups is 1. The second kappa shape index (κ2) is 10.8. The Morgan fingerprint density at radius 3 is 2.86 bits per heavy atom. The van der Waals surface area contributed by atoms with E-state index in [0.717, 1.165) is 51.5 Å². The minimum Gasteiger partial charge on any atom is -0.393 e. The van der Waals surface area contributed by atoms with E-state index in [1.54, 1.807) is 0 Å². The van der Waals surface area contributed by atoms with Crippen LogP contribution in [0, 0.1) is 0 Å². The third-order valence-electron chi connectivity index (χ3n) is 4.44. The van der Waals surface area contributed by atoms with E-state index in [0.29, 0.717) is 18.4 Å². The average Bonchev–Trinajstić information content (AvgIpc) is 2.66. The highest BCUT2D eigenvalue weighted by Gasteiger charge is 2.25. The second-order valence-electron chi connectivity index (χ2n) is 6.20. The minimum absolute atomic E-state index is 0.217. The number of hydrogen-bond donors (Lipinski definition) is 1. The monoisotopic (exact) mass is 295 g/mol. The summed E-state index contributed by atoms with van der Waals surface area (Å²) >= 11 is 0. The Morgan fingerprint density at radius 2 is 2.14 bits per heavy atom. The molecule has 0 aromatic heterocycles. The number of amides is 1. The topological polar surface area (TPSA) is 40.5 Å². The fourth-order valence-electron chi connectivity index (χ4n) is 2.93. The SMILES string of the molecule is CCCC/C=C\CN1C(=O)CCCC[C@@H]1CCC(O)CC. The van der Waals surface area contributed by atoms with Crippen LogP contribution in [-0.4, -0.2) is 34.6 Å². The van der Waals surface area contributed by atoms with Gasteiger partial charge in [-0.3, -0.25) is 4.79 Å². The lowest BCUT2D eigenvalue weighted by atomic mass is 10.0. The van der Waals surface area contributed by atoms with Crippen molar-refractivity contribution in [3.63, 3.8) is 0 Å². The largest absolute Gasteiger partial charge is 0.393 e. The van der Waals surface area contributed by atoms with Crippen LogP contribution in [-0.2, 0) is 4.79 Å². The first-order chi connectivity index (χ1) is 10.2. The lowest BCUT2D eigenvalue weighted by Gasteiger charge is -2.30. The zero-order valence-electron chi connectivity index (χ0n) is 13.9. The highest BCUT2D eigenvalue weighted by atomic mass is 16.3. The van der Waals surface area contributed by atoms with E-state index in [1.807, 2.05) is 6.92 Å². The number of carbonyl (C=O) groups excluding carboxylic acids is 1. The van der Waals surface area contributed by atoms with Gasteiger partial charge in [0.25, 0.3) is 0 Å². The molecule has 2 atom stereocenters. The molecular weight excluding hydrogens is 262 g/mol. The highest BCUT2D eigenvalue weighted by Crippen LogP contribution is 2.22. The van der Waals surface area contributed by atoms with Crippen LogP contribution in [0.1, 0.15) is 78.1 Å². The second-order valence-corrected chi connectivity index (χ2v) is 6.20. The first kappa shape index (κ1) is 18.2. The third-order valence-corrected chi connectivity index (χ3v) is 4.44. The minimum atomic E-state index is -0.217. The van der Waals surface area contributed by atoms with Gasteiger partial charge in [0.2, 0.25) is 5.91 Å². The fraction of sp³-hybridized carbons (Fsp3) is 0.833. The third kappa shape index (κ3) is 7.12. The van der Waals surface area contributed by atoms with Crippen molar-refractivity contribution in [2.45, 2.75) is 90.2 Å². The van der Waals surface area contributed by atoms with Gasteiger partial charge < -0.3 is 10.0 Å². The maximum Gasteiger partial charge on any atom is 0.223 e. The molecule has 122 valence electrons. The molecule has 1 fully saturated rings. The molecule has 1 aliphatic rings. The van der Waals surface area contributed by atoms with Crippen LogP contribution in [0.25, 0.3) is 0 Å². The van der Waals surface area contributed by atoms with E-state index in [4.69, 9.17) is 0 Å². The molecule has 0 aromatic rings. The van der Waals surface area contributed by atoms with Gasteiger partial charge >= 0.3 is 0 Å². The van der Waals surface area contributed by atoms with Crippen molar-refractivity contribution in [2.75, 3.05) is 6.54 Å². The van der Waals surface area contributed by atoms with Crippen LogP contribution >= 0.6 is 0 Å². The summed E-state index contributed by atoms with van der Waals surface area (Å²) in [4.78, 5) is 14.3. The van der Waals surface area contributed by atoms with Crippen LogP contribution in [0.5, 0.6) is 0 Å². The van der Waals surface area contributed by atoms with Gasteiger partial charge in [0.1, 0.15) is 0 Å². The van der Waals surface area contributed by atoms with Crippen molar-refractivity contribution in [1.82, 2.24) is 4.90 Å². The molecule has 0 bridgehead atoms. The van der Waals surface area contributed by atoms with E-state index in [2.05, 4.69) is 24.0 Å². The summed E-state index contributed by atoms with van der Waals surface area (Å²) in [5.41, 5.74) is 0. The maximum atomic E-state index is 12.3. The Bertz CT molecular complexity index is 314. The molecule has 0 saturated carbocycles. The van der Waals surface area contributed by atoms with Gasteiger partial charge in [0, 0.05) is 19.0 Å². The number of nitrogens with zero attached hydrogens (tertiary/aromatic N) is 1. The normalized spacial score (nSPS) is 21.8. The van der Waals surface area contributed by atoms with Crippen molar-refractivity contribution >= 4 is 5.91 Å². The summed E-state index contributed by atoms with van der Waals surface area (Å²) in [6.45, 7) is 4.95. The molecule has 1 saturated heterocycles. The Morgan fingerprint density at radius 1 is 1.33 bits per heavy atom. The number of rotatable bonds is 9. The molecule has 0 spiro atoms. The lowest BCUT2D eigenvalue weighted by molar-refractivity contribution is -0.132. The molecule has 3 heteroatoms. The molecule has 0 aromatic carbocycles. The number of likely N-dealkylation sites (tertiary alicyclic amines) is 1. The van der Waals surface area contributed by atoms with Gasteiger partial charge in [-0.15, -0.1) is 0 Å². The van der Waals surface area contributed by atoms with Gasteiger partial charge in [-0.25, -0.2) is 0 Å². The number of unbranched alkanes of at least 4 members (excludes halogenated alkanes) is 2. The summed E-state index contributed by atoms with van der Waals surface area (Å²) in [6.07, 6.45) is 14.2. The predicted octanol–water partition coefficient (Wildman–Crippen LogP) is 4.06. The number of carbonyl (C=O) groups is 1. The Labute approximate surface area is 130 Å². The Kier molecular flexibility index (Phi) is 9.40. The van der Waals surface area contributed by atoms with Crippen molar-refractivity contribution < 1.29 is 9.90 Å². The van der Waals surface area contributed by atoms with Crippen LogP contribution in [0.3, 0.4) is 0 Å². The quantitative estimate of drug-likeness (QED) is 0.515. The van der Waals surface area contributed by atoms with Crippen molar-refractivity contribution in [3.8, 4) is 0 Å². The van der Waals surface area contributed by atoms with Crippen LogP contribution in [0.2, 0.25) is 0 Å². The maximum absolute atomic E-state index is 12.3. The molecule has 1 unspecified atom stereocenters. The molecule has 1 heterocycles. The molecular formula is C18H33NO2. The highest BCUT2D eigenvalue weighted by molar-refractivity contribution is 5.77. The van der Waals surface area contributed by atoms with Gasteiger partial charge in [0.15, 0.2) is 0 Å². The standard InChI is InChI=1S/C18H33NO2/c1-3-5-6-7-10-15-19-16(13-14-17(20)4-2)11-8-9-12-18(19)21/h7,10,16-17,20H,3-6,8-9,11-15H2,1-2H3/b10-7-/t16-,17?/m1/s1. The summed E-state index contributed by atoms with van der Waals surface area (Å²) in [5.74, 6) is 0.295. The molecule has 0 aliphatic carbocycles. The van der Waals surface area contributed by atoms with E-state index in [1.165, 1.54) is 12.8 Å². The van der Waals surface area contributed by atoms with Gasteiger partial charge in [0.05, 0.1) is 6.10 Å². The molecule has 0 radical (unpaired) electrons. The molecule has 1 N–H and O–H groups in total. The number of hydrogen-bond acceptors (Lipinski definition) is 2. The molecule has 1 aliphatic heterocycles. The van der Waals surface area contributed by atoms with Crippen LogP contribution in [0.4, 0.5) is 0 Å².